The first kappa shape index (κ1) is 16.6. The molecule has 0 spiro atoms. The van der Waals surface area contributed by atoms with Crippen LogP contribution in [0, 0.1) is 11.8 Å². The van der Waals surface area contributed by atoms with Gasteiger partial charge in [0.15, 0.2) is 0 Å². The van der Waals surface area contributed by atoms with E-state index in [1.165, 1.54) is 24.0 Å². The number of hydrogen-bond donors (Lipinski definition) is 0. The minimum absolute atomic E-state index is 0.0445. The van der Waals surface area contributed by atoms with E-state index in [0.717, 1.165) is 18.6 Å². The number of halogens is 1. The summed E-state index contributed by atoms with van der Waals surface area (Å²) >= 11 is 0. The van der Waals surface area contributed by atoms with Gasteiger partial charge in [0, 0.05) is 16.6 Å². The van der Waals surface area contributed by atoms with Crippen molar-refractivity contribution in [3.05, 3.63) is 29.3 Å². The fourth-order valence-electron chi connectivity index (χ4n) is 2.69. The topological polar surface area (TPSA) is 43.4 Å². The molecule has 0 bridgehead atoms. The normalized spacial score (nSPS) is 16.6. The van der Waals surface area contributed by atoms with E-state index in [4.69, 9.17) is 15.4 Å². The molecule has 21 heavy (non-hydrogen) atoms. The molecule has 5 heteroatoms. The highest BCUT2D eigenvalue weighted by atomic mass is 35.7. The number of fused-ring (bicyclic) bond motifs is 1. The Labute approximate surface area is 132 Å². The summed E-state index contributed by atoms with van der Waals surface area (Å²) < 4.78 is 28.3. The van der Waals surface area contributed by atoms with Gasteiger partial charge in [0.1, 0.15) is 5.75 Å². The van der Waals surface area contributed by atoms with Gasteiger partial charge in [0.05, 0.1) is 12.4 Å². The van der Waals surface area contributed by atoms with Crippen LogP contribution in [0.3, 0.4) is 0 Å². The van der Waals surface area contributed by atoms with Gasteiger partial charge < -0.3 is 4.74 Å². The Balaban J connectivity index is 2.00. The van der Waals surface area contributed by atoms with Gasteiger partial charge >= 0.3 is 0 Å². The van der Waals surface area contributed by atoms with Crippen molar-refractivity contribution in [1.29, 1.82) is 0 Å². The summed E-state index contributed by atoms with van der Waals surface area (Å²) in [6.07, 6.45) is 4.75. The number of aryl methyl sites for hydroxylation is 2. The Bertz CT molecular complexity index is 581. The van der Waals surface area contributed by atoms with Crippen molar-refractivity contribution in [1.82, 2.24) is 0 Å². The van der Waals surface area contributed by atoms with E-state index < -0.39 is 9.05 Å². The molecule has 118 valence electrons. The van der Waals surface area contributed by atoms with E-state index in [9.17, 15) is 8.42 Å². The van der Waals surface area contributed by atoms with Crippen molar-refractivity contribution in [3.63, 3.8) is 0 Å². The van der Waals surface area contributed by atoms with Crippen LogP contribution >= 0.6 is 10.7 Å². The molecule has 0 aliphatic heterocycles. The second-order valence-electron chi connectivity index (χ2n) is 6.16. The van der Waals surface area contributed by atoms with Crippen LogP contribution in [0.5, 0.6) is 5.75 Å². The summed E-state index contributed by atoms with van der Waals surface area (Å²) in [5.74, 6) is 0.893. The van der Waals surface area contributed by atoms with Gasteiger partial charge in [-0.15, -0.1) is 0 Å². The largest absolute Gasteiger partial charge is 0.493 e. The lowest BCUT2D eigenvalue weighted by Gasteiger charge is -2.21. The van der Waals surface area contributed by atoms with Gasteiger partial charge in [-0.25, -0.2) is 8.42 Å². The average molecular weight is 331 g/mol. The Kier molecular flexibility index (Phi) is 5.55. The van der Waals surface area contributed by atoms with Crippen LogP contribution in [0.4, 0.5) is 0 Å². The fourth-order valence-corrected chi connectivity index (χ4v) is 4.17. The monoisotopic (exact) mass is 330 g/mol. The zero-order valence-corrected chi connectivity index (χ0v) is 14.2. The lowest BCUT2D eigenvalue weighted by atomic mass is 9.92. The molecule has 1 atom stereocenters. The lowest BCUT2D eigenvalue weighted by molar-refractivity contribution is 0.225. The lowest BCUT2D eigenvalue weighted by Crippen LogP contribution is -2.24. The summed E-state index contributed by atoms with van der Waals surface area (Å²) in [7, 11) is 1.87. The van der Waals surface area contributed by atoms with Gasteiger partial charge in [-0.1, -0.05) is 19.9 Å². The Morgan fingerprint density at radius 2 is 1.86 bits per heavy atom. The smallest absolute Gasteiger partial charge is 0.233 e. The SMILES string of the molecule is CC(C)C(COc1ccc2c(c1)CCCC2)CS(=O)(=O)Cl. The minimum atomic E-state index is -3.49. The maximum Gasteiger partial charge on any atom is 0.233 e. The highest BCUT2D eigenvalue weighted by Gasteiger charge is 2.21. The summed E-state index contributed by atoms with van der Waals surface area (Å²) in [4.78, 5) is 0. The molecular formula is C16H23ClO3S. The van der Waals surface area contributed by atoms with E-state index in [1.54, 1.807) is 0 Å². The number of benzene rings is 1. The van der Waals surface area contributed by atoms with Crippen LogP contribution in [0.2, 0.25) is 0 Å². The molecule has 1 aromatic rings. The van der Waals surface area contributed by atoms with Crippen molar-refractivity contribution >= 4 is 19.7 Å². The highest BCUT2D eigenvalue weighted by molar-refractivity contribution is 8.13. The summed E-state index contributed by atoms with van der Waals surface area (Å²) in [6, 6.07) is 6.21. The molecule has 1 unspecified atom stereocenters. The maximum atomic E-state index is 11.3. The Hall–Kier alpha value is -0.740. The molecule has 0 fully saturated rings. The van der Waals surface area contributed by atoms with Gasteiger partial charge in [-0.05, 0) is 54.9 Å². The van der Waals surface area contributed by atoms with E-state index in [-0.39, 0.29) is 17.6 Å². The molecule has 1 aliphatic carbocycles. The molecule has 3 nitrogen and oxygen atoms in total. The first-order valence-electron chi connectivity index (χ1n) is 7.52. The Morgan fingerprint density at radius 3 is 2.48 bits per heavy atom. The highest BCUT2D eigenvalue weighted by Crippen LogP contribution is 2.26. The van der Waals surface area contributed by atoms with Crippen molar-refractivity contribution in [3.8, 4) is 5.75 Å². The van der Waals surface area contributed by atoms with Crippen LogP contribution in [-0.4, -0.2) is 20.8 Å². The van der Waals surface area contributed by atoms with Crippen LogP contribution in [0.1, 0.15) is 37.8 Å². The predicted octanol–water partition coefficient (Wildman–Crippen LogP) is 3.79. The first-order valence-corrected chi connectivity index (χ1v) is 10.00. The molecule has 0 radical (unpaired) electrons. The molecule has 0 saturated carbocycles. The molecular weight excluding hydrogens is 308 g/mol. The second kappa shape index (κ2) is 7.01. The standard InChI is InChI=1S/C16H23ClO3S/c1-12(2)15(11-21(17,18)19)10-20-16-8-7-13-5-3-4-6-14(13)9-16/h7-9,12,15H,3-6,10-11H2,1-2H3. The zero-order chi connectivity index (χ0) is 15.5. The Morgan fingerprint density at radius 1 is 1.19 bits per heavy atom. The zero-order valence-electron chi connectivity index (χ0n) is 12.6. The third-order valence-electron chi connectivity index (χ3n) is 4.14. The van der Waals surface area contributed by atoms with Crippen LogP contribution < -0.4 is 4.74 Å². The quantitative estimate of drug-likeness (QED) is 0.745. The number of rotatable bonds is 6. The maximum absolute atomic E-state index is 11.3. The molecule has 0 heterocycles. The van der Waals surface area contributed by atoms with E-state index >= 15 is 0 Å². The average Bonchev–Trinajstić information content (AvgIpc) is 2.41. The van der Waals surface area contributed by atoms with Crippen molar-refractivity contribution in [2.75, 3.05) is 12.4 Å². The minimum Gasteiger partial charge on any atom is -0.493 e. The van der Waals surface area contributed by atoms with Gasteiger partial charge in [0.2, 0.25) is 9.05 Å². The van der Waals surface area contributed by atoms with E-state index in [1.807, 2.05) is 19.9 Å². The summed E-state index contributed by atoms with van der Waals surface area (Å²) in [5.41, 5.74) is 2.78. The predicted molar refractivity (Wildman–Crippen MR) is 86.5 cm³/mol. The van der Waals surface area contributed by atoms with Crippen LogP contribution in [-0.2, 0) is 21.9 Å². The summed E-state index contributed by atoms with van der Waals surface area (Å²) in [5, 5.41) is 0. The van der Waals surface area contributed by atoms with Crippen LogP contribution in [0.25, 0.3) is 0 Å². The molecule has 1 aromatic carbocycles. The van der Waals surface area contributed by atoms with Crippen molar-refractivity contribution in [2.45, 2.75) is 39.5 Å². The third-order valence-corrected chi connectivity index (χ3v) is 5.34. The molecule has 0 aromatic heterocycles. The van der Waals surface area contributed by atoms with Gasteiger partial charge in [0.25, 0.3) is 0 Å². The number of hydrogen-bond acceptors (Lipinski definition) is 3. The van der Waals surface area contributed by atoms with Crippen LogP contribution in [0.15, 0.2) is 18.2 Å². The van der Waals surface area contributed by atoms with Crippen molar-refractivity contribution in [2.24, 2.45) is 11.8 Å². The summed E-state index contributed by atoms with van der Waals surface area (Å²) in [6.45, 7) is 4.36. The molecule has 0 N–H and O–H groups in total. The molecule has 0 saturated heterocycles. The fraction of sp³-hybridized carbons (Fsp3) is 0.625. The van der Waals surface area contributed by atoms with Crippen molar-refractivity contribution < 1.29 is 13.2 Å². The third kappa shape index (κ3) is 5.19. The second-order valence-corrected chi connectivity index (χ2v) is 8.98. The van der Waals surface area contributed by atoms with E-state index in [2.05, 4.69) is 12.1 Å². The van der Waals surface area contributed by atoms with Gasteiger partial charge in [-0.2, -0.15) is 0 Å². The van der Waals surface area contributed by atoms with E-state index in [0.29, 0.717) is 6.61 Å². The van der Waals surface area contributed by atoms with Gasteiger partial charge in [-0.3, -0.25) is 0 Å². The molecule has 0 amide bonds. The number of ether oxygens (including phenoxy) is 1. The first-order chi connectivity index (χ1) is 9.85. The molecule has 2 rings (SSSR count). The molecule has 1 aliphatic rings.